The molecule has 0 aromatic carbocycles. The molecule has 4 bridgehead atoms. The van der Waals surface area contributed by atoms with E-state index in [0.29, 0.717) is 12.0 Å². The monoisotopic (exact) mass is 333 g/mol. The second kappa shape index (κ2) is 5.45. The standard InChI is InChI=1S/C19H31N3O2/c1-18(2)16(23)22(17(24)20-18)5-4-21(3)12-19-9-13-6-14(10-19)8-15(7-13)11-19/h13-15H,4-12H2,1-3H3,(H,20,24). The van der Waals surface area contributed by atoms with Crippen LogP contribution < -0.4 is 5.32 Å². The molecule has 24 heavy (non-hydrogen) atoms. The quantitative estimate of drug-likeness (QED) is 0.786. The number of carbonyl (C=O) groups excluding carboxylic acids is 2. The van der Waals surface area contributed by atoms with Gasteiger partial charge in [0.15, 0.2) is 0 Å². The van der Waals surface area contributed by atoms with Gasteiger partial charge in [-0.1, -0.05) is 0 Å². The van der Waals surface area contributed by atoms with Crippen molar-refractivity contribution in [2.75, 3.05) is 26.7 Å². The summed E-state index contributed by atoms with van der Waals surface area (Å²) in [4.78, 5) is 28.0. The van der Waals surface area contributed by atoms with Crippen LogP contribution in [0.15, 0.2) is 0 Å². The lowest BCUT2D eigenvalue weighted by atomic mass is 9.49. The second-order valence-electron chi connectivity index (χ2n) is 9.67. The Morgan fingerprint density at radius 2 is 1.62 bits per heavy atom. The maximum Gasteiger partial charge on any atom is 0.325 e. The summed E-state index contributed by atoms with van der Waals surface area (Å²) in [6.45, 7) is 5.94. The number of nitrogens with zero attached hydrogens (tertiary/aromatic N) is 2. The van der Waals surface area contributed by atoms with Crippen molar-refractivity contribution in [3.05, 3.63) is 0 Å². The number of amides is 3. The first-order chi connectivity index (χ1) is 11.3. The molecule has 4 aliphatic carbocycles. The molecule has 3 amide bonds. The van der Waals surface area contributed by atoms with Gasteiger partial charge in [0.05, 0.1) is 0 Å². The van der Waals surface area contributed by atoms with Crippen LogP contribution in [0.25, 0.3) is 0 Å². The van der Waals surface area contributed by atoms with Gasteiger partial charge in [-0.2, -0.15) is 0 Å². The summed E-state index contributed by atoms with van der Waals surface area (Å²) in [6, 6.07) is -0.242. The molecule has 4 saturated carbocycles. The molecule has 0 atom stereocenters. The number of carbonyl (C=O) groups is 2. The van der Waals surface area contributed by atoms with E-state index in [1.54, 1.807) is 13.8 Å². The van der Waals surface area contributed by atoms with Crippen molar-refractivity contribution in [1.29, 1.82) is 0 Å². The number of imide groups is 1. The number of rotatable bonds is 5. The Bertz CT molecular complexity index is 522. The summed E-state index contributed by atoms with van der Waals surface area (Å²) in [6.07, 6.45) is 8.62. The van der Waals surface area contributed by atoms with E-state index in [4.69, 9.17) is 0 Å². The molecule has 5 fully saturated rings. The van der Waals surface area contributed by atoms with Gasteiger partial charge < -0.3 is 10.2 Å². The van der Waals surface area contributed by atoms with Crippen molar-refractivity contribution in [3.63, 3.8) is 0 Å². The summed E-state index contributed by atoms with van der Waals surface area (Å²) < 4.78 is 0. The first kappa shape index (κ1) is 16.4. The third-order valence-corrected chi connectivity index (χ3v) is 6.92. The highest BCUT2D eigenvalue weighted by molar-refractivity contribution is 6.06. The SMILES string of the molecule is CN(CCN1C(=O)NC(C)(C)C1=O)CC12CC3CC(CC(C3)C1)C2. The van der Waals surface area contributed by atoms with E-state index in [1.165, 1.54) is 43.4 Å². The molecule has 0 spiro atoms. The summed E-state index contributed by atoms with van der Waals surface area (Å²) in [5.74, 6) is 2.81. The average molecular weight is 333 g/mol. The Labute approximate surface area is 145 Å². The highest BCUT2D eigenvalue weighted by atomic mass is 16.2. The van der Waals surface area contributed by atoms with E-state index in [9.17, 15) is 9.59 Å². The lowest BCUT2D eigenvalue weighted by Gasteiger charge is -2.57. The van der Waals surface area contributed by atoms with Crippen LogP contribution in [0.3, 0.4) is 0 Å². The molecule has 0 unspecified atom stereocenters. The van der Waals surface area contributed by atoms with Gasteiger partial charge in [0.1, 0.15) is 5.54 Å². The predicted octanol–water partition coefficient (Wildman–Crippen LogP) is 2.46. The zero-order chi connectivity index (χ0) is 17.1. The summed E-state index contributed by atoms with van der Waals surface area (Å²) >= 11 is 0. The average Bonchev–Trinajstić information content (AvgIpc) is 2.63. The molecule has 5 aliphatic rings. The highest BCUT2D eigenvalue weighted by Crippen LogP contribution is 2.60. The fourth-order valence-corrected chi connectivity index (χ4v) is 6.43. The molecule has 5 rings (SSSR count). The maximum absolute atomic E-state index is 12.3. The molecular formula is C19H31N3O2. The Hall–Kier alpha value is -1.10. The van der Waals surface area contributed by atoms with Crippen molar-refractivity contribution in [1.82, 2.24) is 15.1 Å². The first-order valence-electron chi connectivity index (χ1n) is 9.59. The van der Waals surface area contributed by atoms with Crippen LogP contribution in [0, 0.1) is 23.2 Å². The van der Waals surface area contributed by atoms with Crippen LogP contribution in [0.5, 0.6) is 0 Å². The summed E-state index contributed by atoms with van der Waals surface area (Å²) in [7, 11) is 2.15. The van der Waals surface area contributed by atoms with Crippen LogP contribution in [0.1, 0.15) is 52.4 Å². The predicted molar refractivity (Wildman–Crippen MR) is 92.4 cm³/mol. The zero-order valence-corrected chi connectivity index (χ0v) is 15.3. The largest absolute Gasteiger partial charge is 0.325 e. The van der Waals surface area contributed by atoms with E-state index in [0.717, 1.165) is 30.8 Å². The number of hydrogen-bond donors (Lipinski definition) is 1. The van der Waals surface area contributed by atoms with Gasteiger partial charge in [0, 0.05) is 19.6 Å². The molecule has 1 heterocycles. The van der Waals surface area contributed by atoms with Gasteiger partial charge in [0.2, 0.25) is 0 Å². The molecule has 0 radical (unpaired) electrons. The van der Waals surface area contributed by atoms with Crippen molar-refractivity contribution in [3.8, 4) is 0 Å². The van der Waals surface area contributed by atoms with Crippen LogP contribution >= 0.6 is 0 Å². The van der Waals surface area contributed by atoms with Gasteiger partial charge in [-0.25, -0.2) is 4.79 Å². The minimum Gasteiger partial charge on any atom is -0.324 e. The zero-order valence-electron chi connectivity index (χ0n) is 15.3. The molecule has 134 valence electrons. The van der Waals surface area contributed by atoms with Gasteiger partial charge in [-0.15, -0.1) is 0 Å². The van der Waals surface area contributed by atoms with Gasteiger partial charge in [-0.05, 0) is 82.6 Å². The number of urea groups is 1. The van der Waals surface area contributed by atoms with E-state index in [2.05, 4.69) is 17.3 Å². The maximum atomic E-state index is 12.3. The fraction of sp³-hybridized carbons (Fsp3) is 0.895. The number of nitrogens with one attached hydrogen (secondary N) is 1. The lowest BCUT2D eigenvalue weighted by molar-refractivity contribution is -0.130. The van der Waals surface area contributed by atoms with Gasteiger partial charge in [-0.3, -0.25) is 9.69 Å². The van der Waals surface area contributed by atoms with Gasteiger partial charge >= 0.3 is 6.03 Å². The molecule has 1 N–H and O–H groups in total. The van der Waals surface area contributed by atoms with Gasteiger partial charge in [0.25, 0.3) is 5.91 Å². The van der Waals surface area contributed by atoms with Crippen molar-refractivity contribution in [2.24, 2.45) is 23.2 Å². The van der Waals surface area contributed by atoms with Crippen LogP contribution in [-0.4, -0.2) is 54.0 Å². The Morgan fingerprint density at radius 3 is 2.08 bits per heavy atom. The molecule has 1 saturated heterocycles. The van der Waals surface area contributed by atoms with Crippen molar-refractivity contribution < 1.29 is 9.59 Å². The Balaban J connectivity index is 1.34. The van der Waals surface area contributed by atoms with Crippen LogP contribution in [0.2, 0.25) is 0 Å². The number of likely N-dealkylation sites (N-methyl/N-ethyl adjacent to an activating group) is 1. The van der Waals surface area contributed by atoms with E-state index in [-0.39, 0.29) is 11.9 Å². The van der Waals surface area contributed by atoms with E-state index >= 15 is 0 Å². The van der Waals surface area contributed by atoms with E-state index in [1.807, 2.05) is 0 Å². The molecular weight excluding hydrogens is 302 g/mol. The Kier molecular flexibility index (Phi) is 3.72. The highest BCUT2D eigenvalue weighted by Gasteiger charge is 2.51. The minimum atomic E-state index is -0.754. The lowest BCUT2D eigenvalue weighted by Crippen LogP contribution is -2.51. The molecule has 0 aromatic rings. The third kappa shape index (κ3) is 2.75. The third-order valence-electron chi connectivity index (χ3n) is 6.92. The molecule has 5 nitrogen and oxygen atoms in total. The van der Waals surface area contributed by atoms with Crippen molar-refractivity contribution in [2.45, 2.75) is 57.9 Å². The van der Waals surface area contributed by atoms with E-state index < -0.39 is 5.54 Å². The topological polar surface area (TPSA) is 52.6 Å². The minimum absolute atomic E-state index is 0.101. The normalized spacial score (nSPS) is 39.8. The molecule has 1 aliphatic heterocycles. The van der Waals surface area contributed by atoms with Crippen LogP contribution in [-0.2, 0) is 4.79 Å². The summed E-state index contributed by atoms with van der Waals surface area (Å²) in [5, 5.41) is 2.76. The smallest absolute Gasteiger partial charge is 0.324 e. The Morgan fingerprint density at radius 1 is 1.08 bits per heavy atom. The number of hydrogen-bond acceptors (Lipinski definition) is 3. The second-order valence-corrected chi connectivity index (χ2v) is 9.67. The molecule has 5 heteroatoms. The summed E-state index contributed by atoms with van der Waals surface area (Å²) in [5.41, 5.74) is -0.240. The molecule has 0 aromatic heterocycles. The fourth-order valence-electron chi connectivity index (χ4n) is 6.43. The van der Waals surface area contributed by atoms with Crippen LogP contribution in [0.4, 0.5) is 4.79 Å². The first-order valence-corrected chi connectivity index (χ1v) is 9.59. The van der Waals surface area contributed by atoms with Crippen molar-refractivity contribution >= 4 is 11.9 Å².